The van der Waals surface area contributed by atoms with Gasteiger partial charge >= 0.3 is 0 Å². The maximum Gasteiger partial charge on any atom is 0.263 e. The molecule has 0 saturated carbocycles. The van der Waals surface area contributed by atoms with Crippen molar-refractivity contribution in [3.05, 3.63) is 64.3 Å². The average Bonchev–Trinajstić information content (AvgIpc) is 3.16. The molecule has 0 atom stereocenters. The van der Waals surface area contributed by atoms with E-state index < -0.39 is 5.91 Å². The maximum absolute atomic E-state index is 12.8. The highest BCUT2D eigenvalue weighted by Gasteiger charge is 2.16. The maximum atomic E-state index is 12.8. The topological polar surface area (TPSA) is 94.7 Å². The van der Waals surface area contributed by atoms with Crippen LogP contribution in [0.3, 0.4) is 0 Å². The van der Waals surface area contributed by atoms with Crippen LogP contribution < -0.4 is 10.9 Å². The number of carbonyl (C=O) groups excluding carboxylic acids is 1. The number of carbonyl (C=O) groups is 1. The Morgan fingerprint density at radius 2 is 2.07 bits per heavy atom. The molecule has 0 fully saturated rings. The molecule has 0 radical (unpaired) electrons. The Balaban J connectivity index is 1.85. The number of rotatable bonds is 6. The average molecular weight is 366 g/mol. The van der Waals surface area contributed by atoms with Gasteiger partial charge in [0.05, 0.1) is 5.69 Å². The summed E-state index contributed by atoms with van der Waals surface area (Å²) in [7, 11) is 0. The summed E-state index contributed by atoms with van der Waals surface area (Å²) in [6, 6.07) is 8.89. The fraction of sp³-hybridized carbons (Fsp3) is 0.316. The van der Waals surface area contributed by atoms with Crippen LogP contribution in [0.25, 0.3) is 5.69 Å². The quantitative estimate of drug-likeness (QED) is 0.723. The van der Waals surface area contributed by atoms with Gasteiger partial charge in [0.25, 0.3) is 11.5 Å². The van der Waals surface area contributed by atoms with E-state index in [-0.39, 0.29) is 11.1 Å². The van der Waals surface area contributed by atoms with Crippen molar-refractivity contribution in [1.82, 2.24) is 24.8 Å². The van der Waals surface area contributed by atoms with Crippen LogP contribution in [0.15, 0.2) is 47.7 Å². The third-order valence-corrected chi connectivity index (χ3v) is 4.27. The van der Waals surface area contributed by atoms with Gasteiger partial charge in [-0.3, -0.25) is 9.59 Å². The third-order valence-electron chi connectivity index (χ3n) is 4.27. The second kappa shape index (κ2) is 7.94. The van der Waals surface area contributed by atoms with Crippen LogP contribution >= 0.6 is 0 Å². The number of benzene rings is 1. The highest BCUT2D eigenvalue weighted by molar-refractivity contribution is 6.05. The molecule has 0 aliphatic carbocycles. The number of hydrogen-bond donors (Lipinski definition) is 1. The van der Waals surface area contributed by atoms with E-state index in [1.807, 2.05) is 6.07 Å². The number of aryl methyl sites for hydroxylation is 2. The number of amides is 1. The molecular weight excluding hydrogens is 344 g/mol. The van der Waals surface area contributed by atoms with E-state index in [9.17, 15) is 9.59 Å². The Morgan fingerprint density at radius 1 is 1.26 bits per heavy atom. The standard InChI is InChI=1S/C19H22N6O2/c1-13(2)7-9-24-10-8-14(3)17(19(24)27)18(26)21-15-5-4-6-16(11-15)25-12-20-22-23-25/h4-6,8,10-13H,7,9H2,1-3H3,(H,21,26). The van der Waals surface area contributed by atoms with E-state index in [2.05, 4.69) is 34.7 Å². The Kier molecular flexibility index (Phi) is 5.44. The van der Waals surface area contributed by atoms with Gasteiger partial charge in [-0.1, -0.05) is 19.9 Å². The number of tetrazole rings is 1. The van der Waals surface area contributed by atoms with Gasteiger partial charge in [0, 0.05) is 18.4 Å². The van der Waals surface area contributed by atoms with Crippen LogP contribution in [0.4, 0.5) is 5.69 Å². The summed E-state index contributed by atoms with van der Waals surface area (Å²) in [4.78, 5) is 25.5. The summed E-state index contributed by atoms with van der Waals surface area (Å²) in [5, 5.41) is 13.8. The highest BCUT2D eigenvalue weighted by atomic mass is 16.2. The number of nitrogens with zero attached hydrogens (tertiary/aromatic N) is 5. The fourth-order valence-electron chi connectivity index (χ4n) is 2.71. The molecular formula is C19H22N6O2. The molecule has 0 spiro atoms. The summed E-state index contributed by atoms with van der Waals surface area (Å²) in [6.07, 6.45) is 4.09. The van der Waals surface area contributed by atoms with Gasteiger partial charge in [0.2, 0.25) is 0 Å². The molecule has 3 aromatic rings. The Morgan fingerprint density at radius 3 is 2.78 bits per heavy atom. The van der Waals surface area contributed by atoms with Crippen LogP contribution in [0.2, 0.25) is 0 Å². The summed E-state index contributed by atoms with van der Waals surface area (Å²) in [5.74, 6) is 0.0507. The van der Waals surface area contributed by atoms with Crippen LogP contribution in [-0.2, 0) is 6.54 Å². The fourth-order valence-corrected chi connectivity index (χ4v) is 2.71. The van der Waals surface area contributed by atoms with Crippen LogP contribution in [0.5, 0.6) is 0 Å². The molecule has 0 aliphatic rings. The number of aromatic nitrogens is 5. The lowest BCUT2D eigenvalue weighted by molar-refractivity contribution is 0.102. The Labute approximate surface area is 156 Å². The zero-order chi connectivity index (χ0) is 19.4. The largest absolute Gasteiger partial charge is 0.322 e. The van der Waals surface area contributed by atoms with Gasteiger partial charge in [-0.2, -0.15) is 0 Å². The van der Waals surface area contributed by atoms with Gasteiger partial charge in [0.15, 0.2) is 0 Å². The molecule has 140 valence electrons. The summed E-state index contributed by atoms with van der Waals surface area (Å²) in [5.41, 5.74) is 1.80. The minimum Gasteiger partial charge on any atom is -0.322 e. The minimum atomic E-state index is -0.426. The van der Waals surface area contributed by atoms with Gasteiger partial charge < -0.3 is 9.88 Å². The van der Waals surface area contributed by atoms with Gasteiger partial charge in [-0.05, 0) is 59.5 Å². The van der Waals surface area contributed by atoms with Crippen molar-refractivity contribution in [3.8, 4) is 5.69 Å². The first-order valence-corrected chi connectivity index (χ1v) is 8.80. The molecule has 8 heteroatoms. The lowest BCUT2D eigenvalue weighted by Gasteiger charge is -2.12. The van der Waals surface area contributed by atoms with Gasteiger partial charge in [-0.15, -0.1) is 5.10 Å². The molecule has 2 aromatic heterocycles. The smallest absolute Gasteiger partial charge is 0.263 e. The third kappa shape index (κ3) is 4.28. The second-order valence-electron chi connectivity index (χ2n) is 6.81. The van der Waals surface area contributed by atoms with Crippen molar-refractivity contribution in [2.24, 2.45) is 5.92 Å². The van der Waals surface area contributed by atoms with Gasteiger partial charge in [-0.25, -0.2) is 4.68 Å². The first-order chi connectivity index (χ1) is 13.0. The predicted octanol–water partition coefficient (Wildman–Crippen LogP) is 2.43. The van der Waals surface area contributed by atoms with Crippen molar-refractivity contribution in [2.75, 3.05) is 5.32 Å². The van der Waals surface area contributed by atoms with E-state index in [4.69, 9.17) is 0 Å². The summed E-state index contributed by atoms with van der Waals surface area (Å²) < 4.78 is 3.09. The van der Waals surface area contributed by atoms with E-state index in [1.165, 1.54) is 11.0 Å². The molecule has 0 unspecified atom stereocenters. The first-order valence-electron chi connectivity index (χ1n) is 8.80. The molecule has 27 heavy (non-hydrogen) atoms. The van der Waals surface area contributed by atoms with Crippen molar-refractivity contribution in [2.45, 2.75) is 33.7 Å². The first kappa shape index (κ1) is 18.5. The zero-order valence-corrected chi connectivity index (χ0v) is 15.6. The second-order valence-corrected chi connectivity index (χ2v) is 6.81. The van der Waals surface area contributed by atoms with Crippen LogP contribution in [0, 0.1) is 12.8 Å². The molecule has 1 N–H and O–H groups in total. The number of pyridine rings is 1. The molecule has 0 bridgehead atoms. The lowest BCUT2D eigenvalue weighted by Crippen LogP contribution is -2.30. The minimum absolute atomic E-state index is 0.161. The number of anilines is 1. The summed E-state index contributed by atoms with van der Waals surface area (Å²) >= 11 is 0. The summed E-state index contributed by atoms with van der Waals surface area (Å²) in [6.45, 7) is 6.56. The zero-order valence-electron chi connectivity index (χ0n) is 15.6. The van der Waals surface area contributed by atoms with E-state index in [0.29, 0.717) is 29.4 Å². The molecule has 8 nitrogen and oxygen atoms in total. The molecule has 1 amide bonds. The molecule has 0 aliphatic heterocycles. The van der Waals surface area contributed by atoms with E-state index >= 15 is 0 Å². The predicted molar refractivity (Wildman–Crippen MR) is 102 cm³/mol. The Bertz CT molecular complexity index is 992. The van der Waals surface area contributed by atoms with Gasteiger partial charge in [0.1, 0.15) is 11.9 Å². The highest BCUT2D eigenvalue weighted by Crippen LogP contribution is 2.15. The monoisotopic (exact) mass is 366 g/mol. The van der Waals surface area contributed by atoms with Crippen LogP contribution in [-0.4, -0.2) is 30.7 Å². The molecule has 2 heterocycles. The van der Waals surface area contributed by atoms with Crippen molar-refractivity contribution in [3.63, 3.8) is 0 Å². The van der Waals surface area contributed by atoms with E-state index in [0.717, 1.165) is 6.42 Å². The SMILES string of the molecule is Cc1ccn(CCC(C)C)c(=O)c1C(=O)Nc1cccc(-n2cnnn2)c1. The Hall–Kier alpha value is -3.29. The molecule has 1 aromatic carbocycles. The normalized spacial score (nSPS) is 11.0. The van der Waals surface area contributed by atoms with Crippen molar-refractivity contribution >= 4 is 11.6 Å². The van der Waals surface area contributed by atoms with Crippen molar-refractivity contribution in [1.29, 1.82) is 0 Å². The number of nitrogens with one attached hydrogen (secondary N) is 1. The van der Waals surface area contributed by atoms with Crippen LogP contribution in [0.1, 0.15) is 36.2 Å². The number of hydrogen-bond acceptors (Lipinski definition) is 5. The van der Waals surface area contributed by atoms with E-state index in [1.54, 1.807) is 42.0 Å². The molecule has 3 rings (SSSR count). The van der Waals surface area contributed by atoms with Crippen molar-refractivity contribution < 1.29 is 4.79 Å². The molecule has 0 saturated heterocycles. The lowest BCUT2D eigenvalue weighted by atomic mass is 10.1.